The van der Waals surface area contributed by atoms with Crippen molar-refractivity contribution >= 4 is 23.4 Å². The molecule has 0 aliphatic rings. The molecule has 1 rings (SSSR count). The molecule has 0 saturated heterocycles. The van der Waals surface area contributed by atoms with Crippen molar-refractivity contribution in [2.75, 3.05) is 0 Å². The van der Waals surface area contributed by atoms with Gasteiger partial charge >= 0.3 is 0 Å². The van der Waals surface area contributed by atoms with Gasteiger partial charge < -0.3 is 0 Å². The van der Waals surface area contributed by atoms with Crippen LogP contribution < -0.4 is 5.32 Å². The molecule has 0 amide bonds. The summed E-state index contributed by atoms with van der Waals surface area (Å²) in [7, 11) is 0. The van der Waals surface area contributed by atoms with Crippen LogP contribution >= 0.6 is 23.4 Å². The standard InChI is InChI=1S/C16H23ClN2S/c1-12(2)19-16(4,11-18)9-13(3)20-10-14-5-7-15(17)8-6-14/h5-8,12-13,19H,9-10H2,1-4H3. The number of nitrogens with one attached hydrogen (secondary N) is 1. The average molecular weight is 311 g/mol. The van der Waals surface area contributed by atoms with Crippen LogP contribution in [0.3, 0.4) is 0 Å². The topological polar surface area (TPSA) is 35.8 Å². The van der Waals surface area contributed by atoms with E-state index in [9.17, 15) is 5.26 Å². The molecule has 1 aromatic carbocycles. The molecule has 4 heteroatoms. The van der Waals surface area contributed by atoms with E-state index < -0.39 is 5.54 Å². The number of nitriles is 1. The molecule has 110 valence electrons. The molecule has 0 bridgehead atoms. The smallest absolute Gasteiger partial charge is 0.105 e. The van der Waals surface area contributed by atoms with Crippen LogP contribution in [0.15, 0.2) is 24.3 Å². The highest BCUT2D eigenvalue weighted by Crippen LogP contribution is 2.25. The van der Waals surface area contributed by atoms with Crippen molar-refractivity contribution in [1.82, 2.24) is 5.32 Å². The zero-order valence-corrected chi connectivity index (χ0v) is 14.2. The molecule has 0 saturated carbocycles. The Morgan fingerprint density at radius 3 is 2.40 bits per heavy atom. The van der Waals surface area contributed by atoms with Gasteiger partial charge in [0.2, 0.25) is 0 Å². The molecular weight excluding hydrogens is 288 g/mol. The fourth-order valence-electron chi connectivity index (χ4n) is 2.23. The SMILES string of the molecule is CC(C)NC(C)(C#N)CC(C)SCc1ccc(Cl)cc1. The molecule has 0 fully saturated rings. The van der Waals surface area contributed by atoms with Crippen molar-refractivity contribution in [2.45, 2.75) is 56.7 Å². The van der Waals surface area contributed by atoms with Crippen molar-refractivity contribution in [3.05, 3.63) is 34.9 Å². The third kappa shape index (κ3) is 6.17. The fraction of sp³-hybridized carbons (Fsp3) is 0.562. The monoisotopic (exact) mass is 310 g/mol. The first-order valence-corrected chi connectivity index (χ1v) is 8.32. The minimum Gasteiger partial charge on any atom is -0.297 e. The fourth-order valence-corrected chi connectivity index (χ4v) is 3.47. The van der Waals surface area contributed by atoms with Crippen molar-refractivity contribution in [1.29, 1.82) is 5.26 Å². The minimum absolute atomic E-state index is 0.313. The molecule has 2 atom stereocenters. The first-order chi connectivity index (χ1) is 9.34. The molecule has 0 aliphatic heterocycles. The van der Waals surface area contributed by atoms with Crippen LogP contribution in [0, 0.1) is 11.3 Å². The van der Waals surface area contributed by atoms with Gasteiger partial charge in [-0.2, -0.15) is 17.0 Å². The van der Waals surface area contributed by atoms with E-state index in [1.807, 2.05) is 30.8 Å². The Hall–Kier alpha value is -0.690. The van der Waals surface area contributed by atoms with Crippen LogP contribution in [0.4, 0.5) is 0 Å². The Morgan fingerprint density at radius 1 is 1.30 bits per heavy atom. The molecule has 0 heterocycles. The summed E-state index contributed by atoms with van der Waals surface area (Å²) < 4.78 is 0. The Kier molecular flexibility index (Phi) is 6.88. The predicted molar refractivity (Wildman–Crippen MR) is 89.1 cm³/mol. The number of rotatable bonds is 7. The highest BCUT2D eigenvalue weighted by atomic mass is 35.5. The van der Waals surface area contributed by atoms with Gasteiger partial charge in [-0.1, -0.05) is 30.7 Å². The maximum absolute atomic E-state index is 9.36. The second kappa shape index (κ2) is 7.93. The van der Waals surface area contributed by atoms with Crippen LogP contribution in [0.5, 0.6) is 0 Å². The zero-order chi connectivity index (χ0) is 15.2. The van der Waals surface area contributed by atoms with E-state index in [0.717, 1.165) is 17.2 Å². The number of hydrogen-bond donors (Lipinski definition) is 1. The van der Waals surface area contributed by atoms with Gasteiger partial charge in [-0.25, -0.2) is 0 Å². The second-order valence-corrected chi connectivity index (χ2v) is 7.56. The van der Waals surface area contributed by atoms with Crippen LogP contribution in [0.2, 0.25) is 5.02 Å². The molecule has 2 unspecified atom stereocenters. The van der Waals surface area contributed by atoms with Crippen LogP contribution in [0.25, 0.3) is 0 Å². The summed E-state index contributed by atoms with van der Waals surface area (Å²) in [4.78, 5) is 0. The van der Waals surface area contributed by atoms with Gasteiger partial charge in [0.25, 0.3) is 0 Å². The third-order valence-electron chi connectivity index (χ3n) is 3.00. The first-order valence-electron chi connectivity index (χ1n) is 6.89. The van der Waals surface area contributed by atoms with E-state index in [-0.39, 0.29) is 0 Å². The number of benzene rings is 1. The molecule has 0 aliphatic carbocycles. The average Bonchev–Trinajstić information content (AvgIpc) is 2.37. The largest absolute Gasteiger partial charge is 0.297 e. The molecule has 0 spiro atoms. The summed E-state index contributed by atoms with van der Waals surface area (Å²) >= 11 is 7.75. The van der Waals surface area contributed by atoms with Gasteiger partial charge in [-0.3, -0.25) is 5.32 Å². The Morgan fingerprint density at radius 2 is 1.90 bits per heavy atom. The van der Waals surface area contributed by atoms with E-state index in [1.165, 1.54) is 5.56 Å². The van der Waals surface area contributed by atoms with Crippen molar-refractivity contribution < 1.29 is 0 Å². The summed E-state index contributed by atoms with van der Waals surface area (Å²) in [5.41, 5.74) is 0.808. The maximum atomic E-state index is 9.36. The summed E-state index contributed by atoms with van der Waals surface area (Å²) in [6, 6.07) is 10.7. The molecule has 1 aromatic rings. The predicted octanol–water partition coefficient (Wildman–Crippen LogP) is 4.63. The molecule has 2 nitrogen and oxygen atoms in total. The van der Waals surface area contributed by atoms with E-state index >= 15 is 0 Å². The molecule has 20 heavy (non-hydrogen) atoms. The van der Waals surface area contributed by atoms with Crippen LogP contribution in [0.1, 0.15) is 39.7 Å². The molecular formula is C16H23ClN2S. The highest BCUT2D eigenvalue weighted by Gasteiger charge is 2.26. The molecule has 0 aromatic heterocycles. The van der Waals surface area contributed by atoms with Crippen LogP contribution in [-0.4, -0.2) is 16.8 Å². The number of hydrogen-bond acceptors (Lipinski definition) is 3. The zero-order valence-electron chi connectivity index (χ0n) is 12.6. The van der Waals surface area contributed by atoms with Crippen molar-refractivity contribution in [3.8, 4) is 6.07 Å². The highest BCUT2D eigenvalue weighted by molar-refractivity contribution is 7.99. The lowest BCUT2D eigenvalue weighted by molar-refractivity contribution is 0.382. The Balaban J connectivity index is 2.48. The third-order valence-corrected chi connectivity index (χ3v) is 4.49. The van der Waals surface area contributed by atoms with Gasteiger partial charge in [-0.15, -0.1) is 0 Å². The van der Waals surface area contributed by atoms with Crippen molar-refractivity contribution in [3.63, 3.8) is 0 Å². The van der Waals surface area contributed by atoms with E-state index in [4.69, 9.17) is 11.6 Å². The van der Waals surface area contributed by atoms with E-state index in [0.29, 0.717) is 11.3 Å². The number of thioether (sulfide) groups is 1. The first kappa shape index (κ1) is 17.4. The summed E-state index contributed by atoms with van der Waals surface area (Å²) in [6.45, 7) is 8.30. The Bertz CT molecular complexity index is 453. The van der Waals surface area contributed by atoms with Gasteiger partial charge in [-0.05, 0) is 44.9 Å². The lowest BCUT2D eigenvalue weighted by Crippen LogP contribution is -2.46. The number of nitrogens with zero attached hydrogens (tertiary/aromatic N) is 1. The summed E-state index contributed by atoms with van der Waals surface area (Å²) in [5, 5.41) is 13.9. The summed E-state index contributed by atoms with van der Waals surface area (Å²) in [6.07, 6.45) is 0.833. The second-order valence-electron chi connectivity index (χ2n) is 5.70. The van der Waals surface area contributed by atoms with E-state index in [1.54, 1.807) is 0 Å². The van der Waals surface area contributed by atoms with Crippen LogP contribution in [-0.2, 0) is 5.75 Å². The Labute approximate surface area is 131 Å². The molecule has 0 radical (unpaired) electrons. The van der Waals surface area contributed by atoms with Gasteiger partial charge in [0, 0.05) is 22.1 Å². The lowest BCUT2D eigenvalue weighted by atomic mass is 9.97. The van der Waals surface area contributed by atoms with Gasteiger partial charge in [0.15, 0.2) is 0 Å². The van der Waals surface area contributed by atoms with E-state index in [2.05, 4.69) is 44.3 Å². The van der Waals surface area contributed by atoms with Crippen molar-refractivity contribution in [2.24, 2.45) is 0 Å². The maximum Gasteiger partial charge on any atom is 0.105 e. The lowest BCUT2D eigenvalue weighted by Gasteiger charge is -2.28. The minimum atomic E-state index is -0.458. The van der Waals surface area contributed by atoms with Gasteiger partial charge in [0.1, 0.15) is 5.54 Å². The number of halogens is 1. The quantitative estimate of drug-likeness (QED) is 0.797. The molecule has 1 N–H and O–H groups in total. The van der Waals surface area contributed by atoms with Gasteiger partial charge in [0.05, 0.1) is 6.07 Å². The summed E-state index contributed by atoms with van der Waals surface area (Å²) in [5.74, 6) is 0.946. The normalized spacial score (nSPS) is 15.7.